The number of hydrogen-bond donors (Lipinski definition) is 3. The Bertz CT molecular complexity index is 1310. The number of aromatic nitrogens is 2. The fraction of sp³-hybridized carbons (Fsp3) is 0.485. The fourth-order valence-electron chi connectivity index (χ4n) is 3.98. The van der Waals surface area contributed by atoms with Gasteiger partial charge in [0.05, 0.1) is 6.61 Å². The lowest BCUT2D eigenvalue weighted by molar-refractivity contribution is -0.120. The number of carbonyl (C=O) groups is 1. The number of amides is 1. The summed E-state index contributed by atoms with van der Waals surface area (Å²) < 4.78 is 30.6. The van der Waals surface area contributed by atoms with Crippen LogP contribution in [0.25, 0.3) is 0 Å². The first-order valence-corrected chi connectivity index (χ1v) is 18.3. The van der Waals surface area contributed by atoms with E-state index in [2.05, 4.69) is 89.1 Å². The van der Waals surface area contributed by atoms with Crippen molar-refractivity contribution < 1.29 is 23.1 Å². The normalized spacial score (nSPS) is 18.7. The lowest BCUT2D eigenvalue weighted by Crippen LogP contribution is -2.31. The second-order valence-corrected chi connectivity index (χ2v) is 13.2. The second kappa shape index (κ2) is 24.2. The van der Waals surface area contributed by atoms with Crippen molar-refractivity contribution >= 4 is 31.2 Å². The Morgan fingerprint density at radius 2 is 1.61 bits per heavy atom. The Morgan fingerprint density at radius 3 is 2.17 bits per heavy atom. The highest BCUT2D eigenvalue weighted by Crippen LogP contribution is 2.44. The van der Waals surface area contributed by atoms with E-state index in [0.29, 0.717) is 18.6 Å². The van der Waals surface area contributed by atoms with E-state index in [1.807, 2.05) is 6.08 Å². The van der Waals surface area contributed by atoms with Crippen LogP contribution in [0.3, 0.4) is 0 Å². The van der Waals surface area contributed by atoms with E-state index in [0.717, 1.165) is 38.5 Å². The highest BCUT2D eigenvalue weighted by molar-refractivity contribution is 8.00. The van der Waals surface area contributed by atoms with Crippen LogP contribution in [0.4, 0.5) is 5.82 Å². The summed E-state index contributed by atoms with van der Waals surface area (Å²) in [7, 11) is -2.32. The van der Waals surface area contributed by atoms with Crippen LogP contribution < -0.4 is 21.8 Å². The van der Waals surface area contributed by atoms with Crippen molar-refractivity contribution in [2.24, 2.45) is 0 Å². The van der Waals surface area contributed by atoms with E-state index in [1.54, 1.807) is 0 Å². The van der Waals surface area contributed by atoms with Crippen LogP contribution in [0.2, 0.25) is 0 Å². The largest absolute Gasteiger partial charge is 0.405 e. The number of thioether (sulfide) groups is 1. The quantitative estimate of drug-likeness (QED) is 0.0680. The molecule has 1 aromatic rings. The molecule has 0 spiro atoms. The summed E-state index contributed by atoms with van der Waals surface area (Å²) in [5.74, 6) is 0.540. The molecule has 1 aliphatic heterocycles. The highest BCUT2D eigenvalue weighted by Gasteiger charge is 2.31. The number of nitrogens with zero attached hydrogens (tertiary/aromatic N) is 2. The van der Waals surface area contributed by atoms with Crippen molar-refractivity contribution in [3.8, 4) is 0 Å². The number of rotatable bonds is 23. The number of anilines is 1. The van der Waals surface area contributed by atoms with E-state index in [1.165, 1.54) is 35.7 Å². The standard InChI is InChI=1S/C33H50N5O6PS/c1-3-4-5-6-7-8-9-10-11-12-13-14-15-16-17-18-19-20-21-22-30(39)35-24-25-36-45(41,42-2)43-27-32-44-31(28-46-32)38-26-23-29(34)37-33(38)40/h4-5,7-8,10-11,13-14,16-17,19-20,23,26,31-32H,3,6,9,12,15,18,21-22,24-25,27-28H2,1-2H3,(H,35,39)(H,36,41)(H2,34,37,40)/b5-4-,8-7-,11-10-,14-13-,17-16-,20-19-/t31?,32-,45?/m1/s1. The predicted molar refractivity (Wildman–Crippen MR) is 188 cm³/mol. The van der Waals surface area contributed by atoms with Gasteiger partial charge < -0.3 is 20.3 Å². The van der Waals surface area contributed by atoms with Gasteiger partial charge in [-0.05, 0) is 51.0 Å². The van der Waals surface area contributed by atoms with Crippen molar-refractivity contribution in [3.05, 3.63) is 95.7 Å². The van der Waals surface area contributed by atoms with Gasteiger partial charge in [0.15, 0.2) is 0 Å². The van der Waals surface area contributed by atoms with Crippen molar-refractivity contribution in [1.82, 2.24) is 20.0 Å². The second-order valence-electron chi connectivity index (χ2n) is 10.1. The summed E-state index contributed by atoms with van der Waals surface area (Å²) in [6.45, 7) is 2.59. The van der Waals surface area contributed by atoms with Gasteiger partial charge in [-0.2, -0.15) is 4.98 Å². The topological polar surface area (TPSA) is 147 Å². The maximum atomic E-state index is 12.9. The molecule has 254 valence electrons. The average molecular weight is 676 g/mol. The molecule has 0 bridgehead atoms. The van der Waals surface area contributed by atoms with Crippen molar-refractivity contribution in [2.45, 2.75) is 70.0 Å². The van der Waals surface area contributed by atoms with Crippen LogP contribution in [0.15, 0.2) is 90.0 Å². The number of ether oxygens (including phenoxy) is 1. The van der Waals surface area contributed by atoms with Crippen molar-refractivity contribution in [3.63, 3.8) is 0 Å². The van der Waals surface area contributed by atoms with Crippen molar-refractivity contribution in [1.29, 1.82) is 0 Å². The monoisotopic (exact) mass is 675 g/mol. The summed E-state index contributed by atoms with van der Waals surface area (Å²) in [4.78, 5) is 27.8. The van der Waals surface area contributed by atoms with Crippen LogP contribution in [0.1, 0.15) is 64.5 Å². The number of nitrogens with two attached hydrogens (primary N) is 1. The molecule has 4 N–H and O–H groups in total. The van der Waals surface area contributed by atoms with Gasteiger partial charge in [0.2, 0.25) is 5.91 Å². The zero-order valence-electron chi connectivity index (χ0n) is 27.0. The molecular formula is C33H50N5O6PS. The molecule has 1 aliphatic rings. The Kier molecular flexibility index (Phi) is 20.6. The number of hydrogen-bond acceptors (Lipinski definition) is 9. The maximum Gasteiger partial charge on any atom is 0.405 e. The minimum Gasteiger partial charge on any atom is -0.383 e. The van der Waals surface area contributed by atoms with E-state index < -0.39 is 25.1 Å². The van der Waals surface area contributed by atoms with Crippen LogP contribution in [0, 0.1) is 0 Å². The van der Waals surface area contributed by atoms with E-state index >= 15 is 0 Å². The van der Waals surface area contributed by atoms with Gasteiger partial charge in [-0.15, -0.1) is 11.8 Å². The molecule has 0 aromatic carbocycles. The molecule has 2 heterocycles. The fourth-order valence-corrected chi connectivity index (χ4v) is 6.11. The molecule has 1 saturated heterocycles. The van der Waals surface area contributed by atoms with Crippen LogP contribution in [-0.2, 0) is 23.1 Å². The molecule has 0 saturated carbocycles. The molecule has 1 aromatic heterocycles. The van der Waals surface area contributed by atoms with Gasteiger partial charge in [0, 0.05) is 38.6 Å². The smallest absolute Gasteiger partial charge is 0.383 e. The molecular weight excluding hydrogens is 625 g/mol. The van der Waals surface area contributed by atoms with Crippen molar-refractivity contribution in [2.75, 3.05) is 38.3 Å². The first-order chi connectivity index (χ1) is 22.4. The minimum absolute atomic E-state index is 0.0191. The van der Waals surface area contributed by atoms with E-state index in [9.17, 15) is 14.2 Å². The third-order valence-electron chi connectivity index (χ3n) is 6.40. The maximum absolute atomic E-state index is 12.9. The molecule has 13 heteroatoms. The molecule has 2 rings (SSSR count). The van der Waals surface area contributed by atoms with Gasteiger partial charge >= 0.3 is 13.4 Å². The zero-order chi connectivity index (χ0) is 33.3. The Morgan fingerprint density at radius 1 is 1.02 bits per heavy atom. The lowest BCUT2D eigenvalue weighted by Gasteiger charge is -2.20. The summed E-state index contributed by atoms with van der Waals surface area (Å²) in [5.41, 5.74) is 4.58. The summed E-state index contributed by atoms with van der Waals surface area (Å²) in [6, 6.07) is 1.52. The Hall–Kier alpha value is -2.99. The van der Waals surface area contributed by atoms with Gasteiger partial charge in [-0.25, -0.2) is 14.4 Å². The molecule has 0 aliphatic carbocycles. The number of carbonyl (C=O) groups excluding carboxylic acids is 1. The first-order valence-electron chi connectivity index (χ1n) is 15.7. The molecule has 1 fully saturated rings. The minimum atomic E-state index is -3.60. The molecule has 2 unspecified atom stereocenters. The summed E-state index contributed by atoms with van der Waals surface area (Å²) >= 11 is 1.42. The van der Waals surface area contributed by atoms with Gasteiger partial charge in [-0.1, -0.05) is 79.8 Å². The zero-order valence-corrected chi connectivity index (χ0v) is 28.7. The van der Waals surface area contributed by atoms with Crippen LogP contribution >= 0.6 is 19.5 Å². The van der Waals surface area contributed by atoms with E-state index in [4.69, 9.17) is 19.5 Å². The first kappa shape index (κ1) is 39.2. The lowest BCUT2D eigenvalue weighted by atomic mass is 10.2. The molecule has 1 amide bonds. The number of nitrogens with one attached hydrogen (secondary N) is 2. The Balaban J connectivity index is 1.49. The molecule has 46 heavy (non-hydrogen) atoms. The summed E-state index contributed by atoms with van der Waals surface area (Å²) in [5, 5.41) is 5.52. The van der Waals surface area contributed by atoms with Crippen LogP contribution in [-0.4, -0.2) is 53.5 Å². The predicted octanol–water partition coefficient (Wildman–Crippen LogP) is 6.37. The molecule has 3 atom stereocenters. The van der Waals surface area contributed by atoms with Gasteiger partial charge in [-0.3, -0.25) is 13.9 Å². The highest BCUT2D eigenvalue weighted by atomic mass is 32.2. The number of nitrogen functional groups attached to an aromatic ring is 1. The summed E-state index contributed by atoms with van der Waals surface area (Å²) in [6.07, 6.45) is 33.5. The third kappa shape index (κ3) is 17.6. The third-order valence-corrected chi connectivity index (χ3v) is 9.08. The Labute approximate surface area is 277 Å². The van der Waals surface area contributed by atoms with Gasteiger partial charge in [0.1, 0.15) is 17.5 Å². The molecule has 0 radical (unpaired) electrons. The molecule has 11 nitrogen and oxygen atoms in total. The SMILES string of the molecule is CC/C=C\C/C=C\C/C=C\C/C=C\C/C=C\C/C=C\CCC(=O)NCCNP(=O)(OC)OC[C@@H]1OC(n2ccc(N)nc2=O)CS1. The van der Waals surface area contributed by atoms with Crippen LogP contribution in [0.5, 0.6) is 0 Å². The number of allylic oxidation sites excluding steroid dienone is 12. The van der Waals surface area contributed by atoms with Gasteiger partial charge in [0.25, 0.3) is 0 Å². The average Bonchev–Trinajstić information content (AvgIpc) is 3.52. The van der Waals surface area contributed by atoms with E-state index in [-0.39, 0.29) is 31.4 Å².